The van der Waals surface area contributed by atoms with Gasteiger partial charge in [0, 0.05) is 12.2 Å². The summed E-state index contributed by atoms with van der Waals surface area (Å²) in [4.78, 5) is 14.0. The average molecular weight is 325 g/mol. The highest BCUT2D eigenvalue weighted by molar-refractivity contribution is 7.92. The first-order valence-corrected chi connectivity index (χ1v) is 9.71. The van der Waals surface area contributed by atoms with E-state index in [1.807, 2.05) is 45.0 Å². The second-order valence-electron chi connectivity index (χ2n) is 6.01. The molecule has 1 aromatic carbocycles. The molecule has 0 aliphatic carbocycles. The molecule has 0 radical (unpaired) electrons. The van der Waals surface area contributed by atoms with Gasteiger partial charge < -0.3 is 4.90 Å². The van der Waals surface area contributed by atoms with E-state index < -0.39 is 15.6 Å². The molecule has 4 nitrogen and oxygen atoms in total. The lowest BCUT2D eigenvalue weighted by Gasteiger charge is -2.22. The van der Waals surface area contributed by atoms with E-state index in [-0.39, 0.29) is 17.6 Å². The number of sulfone groups is 1. The molecule has 0 aliphatic rings. The number of benzene rings is 1. The molecule has 0 aliphatic heterocycles. The van der Waals surface area contributed by atoms with Crippen LogP contribution < -0.4 is 4.90 Å². The maximum Gasteiger partial charge on any atom is 0.242 e. The maximum absolute atomic E-state index is 12.4. The molecule has 0 N–H and O–H groups in total. The van der Waals surface area contributed by atoms with Gasteiger partial charge in [0.05, 0.1) is 5.75 Å². The zero-order chi connectivity index (χ0) is 16.8. The zero-order valence-corrected chi connectivity index (χ0v) is 14.8. The Kier molecular flexibility index (Phi) is 7.07. The standard InChI is InChI=1S/C17H27NO3S/c1-5-11-18(16-9-7-15(6-2)8-10-16)17(19)13-22(20,21)12-14(3)4/h7-10,14H,5-6,11-13H2,1-4H3. The van der Waals surface area contributed by atoms with Crippen LogP contribution in [-0.2, 0) is 21.1 Å². The van der Waals surface area contributed by atoms with Gasteiger partial charge in [-0.15, -0.1) is 0 Å². The molecule has 1 amide bonds. The van der Waals surface area contributed by atoms with E-state index in [9.17, 15) is 13.2 Å². The van der Waals surface area contributed by atoms with Gasteiger partial charge in [-0.3, -0.25) is 4.79 Å². The maximum atomic E-state index is 12.4. The molecule has 0 saturated carbocycles. The van der Waals surface area contributed by atoms with Crippen molar-refractivity contribution >= 4 is 21.4 Å². The van der Waals surface area contributed by atoms with E-state index in [2.05, 4.69) is 6.92 Å². The first-order valence-electron chi connectivity index (χ1n) is 7.88. The lowest BCUT2D eigenvalue weighted by molar-refractivity contribution is -0.116. The van der Waals surface area contributed by atoms with Crippen LogP contribution in [0, 0.1) is 5.92 Å². The summed E-state index contributed by atoms with van der Waals surface area (Å²) in [5.41, 5.74) is 1.96. The topological polar surface area (TPSA) is 54.5 Å². The molecule has 0 heterocycles. The van der Waals surface area contributed by atoms with Crippen LogP contribution >= 0.6 is 0 Å². The van der Waals surface area contributed by atoms with E-state index in [1.165, 1.54) is 5.56 Å². The number of aryl methyl sites for hydroxylation is 1. The molecule has 22 heavy (non-hydrogen) atoms. The highest BCUT2D eigenvalue weighted by atomic mass is 32.2. The van der Waals surface area contributed by atoms with Crippen LogP contribution in [0.4, 0.5) is 5.69 Å². The van der Waals surface area contributed by atoms with Crippen molar-refractivity contribution in [1.82, 2.24) is 0 Å². The largest absolute Gasteiger partial charge is 0.312 e. The molecule has 0 unspecified atom stereocenters. The van der Waals surface area contributed by atoms with E-state index in [1.54, 1.807) is 4.90 Å². The fourth-order valence-electron chi connectivity index (χ4n) is 2.37. The third kappa shape index (κ3) is 5.79. The van der Waals surface area contributed by atoms with Crippen LogP contribution in [0.1, 0.15) is 39.7 Å². The van der Waals surface area contributed by atoms with Crippen LogP contribution in [0.15, 0.2) is 24.3 Å². The van der Waals surface area contributed by atoms with Crippen molar-refractivity contribution in [1.29, 1.82) is 0 Å². The summed E-state index contributed by atoms with van der Waals surface area (Å²) < 4.78 is 24.1. The summed E-state index contributed by atoms with van der Waals surface area (Å²) in [5, 5.41) is 0. The molecule has 0 spiro atoms. The SMILES string of the molecule is CCCN(C(=O)CS(=O)(=O)CC(C)C)c1ccc(CC)cc1. The first-order chi connectivity index (χ1) is 10.3. The Morgan fingerprint density at radius 1 is 1.14 bits per heavy atom. The van der Waals surface area contributed by atoms with Crippen LogP contribution in [0.5, 0.6) is 0 Å². The third-order valence-electron chi connectivity index (χ3n) is 3.34. The van der Waals surface area contributed by atoms with Crippen LogP contribution in [0.25, 0.3) is 0 Å². The van der Waals surface area contributed by atoms with E-state index >= 15 is 0 Å². The molecule has 0 saturated heterocycles. The van der Waals surface area contributed by atoms with Gasteiger partial charge in [-0.2, -0.15) is 0 Å². The van der Waals surface area contributed by atoms with Crippen LogP contribution in [0.3, 0.4) is 0 Å². The minimum atomic E-state index is -3.36. The average Bonchev–Trinajstić information content (AvgIpc) is 2.42. The number of amides is 1. The van der Waals surface area contributed by atoms with Gasteiger partial charge in [0.15, 0.2) is 9.84 Å². The van der Waals surface area contributed by atoms with E-state index in [0.29, 0.717) is 6.54 Å². The van der Waals surface area contributed by atoms with E-state index in [4.69, 9.17) is 0 Å². The summed E-state index contributed by atoms with van der Waals surface area (Å²) >= 11 is 0. The van der Waals surface area contributed by atoms with Crippen molar-refractivity contribution in [2.24, 2.45) is 5.92 Å². The van der Waals surface area contributed by atoms with E-state index in [0.717, 1.165) is 18.5 Å². The molecular formula is C17H27NO3S. The fourth-order valence-corrected chi connectivity index (χ4v) is 4.03. The van der Waals surface area contributed by atoms with Crippen molar-refractivity contribution in [3.63, 3.8) is 0 Å². The van der Waals surface area contributed by atoms with Crippen molar-refractivity contribution in [3.8, 4) is 0 Å². The second-order valence-corrected chi connectivity index (χ2v) is 8.12. The predicted molar refractivity (Wildman–Crippen MR) is 92.0 cm³/mol. The van der Waals surface area contributed by atoms with Crippen molar-refractivity contribution in [3.05, 3.63) is 29.8 Å². The number of nitrogens with zero attached hydrogens (tertiary/aromatic N) is 1. The van der Waals surface area contributed by atoms with Gasteiger partial charge >= 0.3 is 0 Å². The number of anilines is 1. The van der Waals surface area contributed by atoms with Gasteiger partial charge in [0.1, 0.15) is 5.75 Å². The molecular weight excluding hydrogens is 298 g/mol. The summed E-state index contributed by atoms with van der Waals surface area (Å²) in [6.07, 6.45) is 1.72. The van der Waals surface area contributed by atoms with Gasteiger partial charge in [0.25, 0.3) is 0 Å². The predicted octanol–water partition coefficient (Wildman–Crippen LogP) is 3.06. The summed E-state index contributed by atoms with van der Waals surface area (Å²) in [7, 11) is -3.36. The van der Waals surface area contributed by atoms with Crippen molar-refractivity contribution < 1.29 is 13.2 Å². The fraction of sp³-hybridized carbons (Fsp3) is 0.588. The number of carbonyl (C=O) groups excluding carboxylic acids is 1. The summed E-state index contributed by atoms with van der Waals surface area (Å²) in [5.74, 6) is -0.679. The molecule has 0 fully saturated rings. The molecule has 1 rings (SSSR count). The lowest BCUT2D eigenvalue weighted by Crippen LogP contribution is -2.37. The Morgan fingerprint density at radius 2 is 1.73 bits per heavy atom. The minimum absolute atomic E-state index is 0.0289. The lowest BCUT2D eigenvalue weighted by atomic mass is 10.1. The van der Waals surface area contributed by atoms with Crippen molar-refractivity contribution in [2.75, 3.05) is 23.0 Å². The number of hydrogen-bond acceptors (Lipinski definition) is 3. The smallest absolute Gasteiger partial charge is 0.242 e. The molecule has 0 bridgehead atoms. The number of hydrogen-bond donors (Lipinski definition) is 0. The highest BCUT2D eigenvalue weighted by Gasteiger charge is 2.23. The summed E-state index contributed by atoms with van der Waals surface area (Å²) in [6, 6.07) is 7.74. The van der Waals surface area contributed by atoms with Crippen LogP contribution in [-0.4, -0.2) is 32.4 Å². The zero-order valence-electron chi connectivity index (χ0n) is 14.0. The number of carbonyl (C=O) groups is 1. The molecule has 1 aromatic rings. The van der Waals surface area contributed by atoms with Crippen molar-refractivity contribution in [2.45, 2.75) is 40.5 Å². The van der Waals surface area contributed by atoms with Crippen LogP contribution in [0.2, 0.25) is 0 Å². The Morgan fingerprint density at radius 3 is 2.18 bits per heavy atom. The summed E-state index contributed by atoms with van der Waals surface area (Å²) in [6.45, 7) is 8.26. The Labute approximate surface area is 134 Å². The quantitative estimate of drug-likeness (QED) is 0.738. The third-order valence-corrected chi connectivity index (χ3v) is 5.20. The number of rotatable bonds is 8. The molecule has 0 aromatic heterocycles. The van der Waals surface area contributed by atoms with Gasteiger partial charge in [0.2, 0.25) is 5.91 Å². The van der Waals surface area contributed by atoms with Gasteiger partial charge in [-0.05, 0) is 36.5 Å². The molecule has 5 heteroatoms. The minimum Gasteiger partial charge on any atom is -0.312 e. The first kappa shape index (κ1) is 18.7. The monoisotopic (exact) mass is 325 g/mol. The molecule has 0 atom stereocenters. The Bertz CT molecular complexity index is 576. The second kappa shape index (κ2) is 8.32. The Balaban J connectivity index is 2.91. The molecule has 124 valence electrons. The Hall–Kier alpha value is -1.36. The highest BCUT2D eigenvalue weighted by Crippen LogP contribution is 2.17. The van der Waals surface area contributed by atoms with Gasteiger partial charge in [-0.25, -0.2) is 8.42 Å². The normalized spacial score (nSPS) is 11.7. The van der Waals surface area contributed by atoms with Gasteiger partial charge in [-0.1, -0.05) is 39.8 Å².